The van der Waals surface area contributed by atoms with Crippen molar-refractivity contribution in [2.24, 2.45) is 0 Å². The highest BCUT2D eigenvalue weighted by atomic mass is 19.3. The zero-order valence-electron chi connectivity index (χ0n) is 7.65. The summed E-state index contributed by atoms with van der Waals surface area (Å²) in [5, 5.41) is 0.607. The fraction of sp³-hybridized carbons (Fsp3) is 0.100. The van der Waals surface area contributed by atoms with Crippen LogP contribution in [0.1, 0.15) is 0 Å². The van der Waals surface area contributed by atoms with Gasteiger partial charge in [0.05, 0.1) is 0 Å². The SMILES string of the molecule is Nc1ccnc2c(OC(F)F)cccc12. The van der Waals surface area contributed by atoms with Crippen LogP contribution >= 0.6 is 0 Å². The van der Waals surface area contributed by atoms with E-state index in [0.29, 0.717) is 16.6 Å². The third-order valence-electron chi connectivity index (χ3n) is 1.98. The Morgan fingerprint density at radius 2 is 2.07 bits per heavy atom. The van der Waals surface area contributed by atoms with Gasteiger partial charge in [-0.3, -0.25) is 4.98 Å². The molecule has 15 heavy (non-hydrogen) atoms. The second kappa shape index (κ2) is 3.68. The number of halogens is 2. The molecule has 0 aliphatic heterocycles. The van der Waals surface area contributed by atoms with Crippen molar-refractivity contribution in [3.8, 4) is 5.75 Å². The molecule has 3 nitrogen and oxygen atoms in total. The molecule has 0 bridgehead atoms. The van der Waals surface area contributed by atoms with Crippen molar-refractivity contribution in [3.63, 3.8) is 0 Å². The molecule has 0 aliphatic carbocycles. The van der Waals surface area contributed by atoms with Gasteiger partial charge in [0.15, 0.2) is 5.75 Å². The monoisotopic (exact) mass is 210 g/mol. The molecule has 0 atom stereocenters. The Hall–Kier alpha value is -1.91. The lowest BCUT2D eigenvalue weighted by atomic mass is 10.2. The first kappa shape index (κ1) is 9.64. The third-order valence-corrected chi connectivity index (χ3v) is 1.98. The molecule has 78 valence electrons. The lowest BCUT2D eigenvalue weighted by Crippen LogP contribution is -2.03. The van der Waals surface area contributed by atoms with Gasteiger partial charge in [0.25, 0.3) is 0 Å². The van der Waals surface area contributed by atoms with Gasteiger partial charge in [0.1, 0.15) is 5.52 Å². The van der Waals surface area contributed by atoms with E-state index in [4.69, 9.17) is 5.73 Å². The van der Waals surface area contributed by atoms with E-state index in [2.05, 4.69) is 9.72 Å². The van der Waals surface area contributed by atoms with Crippen LogP contribution in [0.4, 0.5) is 14.5 Å². The third kappa shape index (κ3) is 1.81. The Morgan fingerprint density at radius 3 is 2.80 bits per heavy atom. The zero-order chi connectivity index (χ0) is 10.8. The molecule has 1 aromatic carbocycles. The molecular formula is C10H8F2N2O. The van der Waals surface area contributed by atoms with Crippen LogP contribution in [0.5, 0.6) is 5.75 Å². The quantitative estimate of drug-likeness (QED) is 0.827. The van der Waals surface area contributed by atoms with Gasteiger partial charge in [-0.05, 0) is 12.1 Å². The Labute approximate surface area is 84.5 Å². The number of hydrogen-bond acceptors (Lipinski definition) is 3. The molecule has 0 fully saturated rings. The van der Waals surface area contributed by atoms with Gasteiger partial charge < -0.3 is 10.5 Å². The summed E-state index contributed by atoms with van der Waals surface area (Å²) in [7, 11) is 0. The number of anilines is 1. The van der Waals surface area contributed by atoms with Crippen molar-refractivity contribution < 1.29 is 13.5 Å². The van der Waals surface area contributed by atoms with E-state index in [1.807, 2.05) is 0 Å². The van der Waals surface area contributed by atoms with Crippen molar-refractivity contribution in [1.29, 1.82) is 0 Å². The predicted molar refractivity (Wildman–Crippen MR) is 52.8 cm³/mol. The number of fused-ring (bicyclic) bond motifs is 1. The number of aromatic nitrogens is 1. The molecule has 0 amide bonds. The van der Waals surface area contributed by atoms with E-state index in [0.717, 1.165) is 0 Å². The standard InChI is InChI=1S/C10H8F2N2O/c11-10(12)15-8-3-1-2-6-7(13)4-5-14-9(6)8/h1-5,10H,(H2,13,14). The zero-order valence-corrected chi connectivity index (χ0v) is 7.65. The Balaban J connectivity index is 2.61. The van der Waals surface area contributed by atoms with Gasteiger partial charge in [-0.25, -0.2) is 0 Å². The number of para-hydroxylation sites is 1. The Morgan fingerprint density at radius 1 is 1.27 bits per heavy atom. The van der Waals surface area contributed by atoms with Gasteiger partial charge in [-0.1, -0.05) is 12.1 Å². The fourth-order valence-electron chi connectivity index (χ4n) is 1.36. The largest absolute Gasteiger partial charge is 0.432 e. The van der Waals surface area contributed by atoms with Crippen LogP contribution in [-0.4, -0.2) is 11.6 Å². The summed E-state index contributed by atoms with van der Waals surface area (Å²) in [5.74, 6) is 0.0369. The normalized spacial score (nSPS) is 10.9. The van der Waals surface area contributed by atoms with Crippen LogP contribution in [0, 0.1) is 0 Å². The smallest absolute Gasteiger partial charge is 0.387 e. The average Bonchev–Trinajstić information content (AvgIpc) is 2.19. The van der Waals surface area contributed by atoms with Crippen molar-refractivity contribution in [2.45, 2.75) is 6.61 Å². The second-order valence-corrected chi connectivity index (χ2v) is 2.93. The van der Waals surface area contributed by atoms with Crippen molar-refractivity contribution in [2.75, 3.05) is 5.73 Å². The molecule has 0 aliphatic rings. The number of alkyl halides is 2. The maximum Gasteiger partial charge on any atom is 0.387 e. The summed E-state index contributed by atoms with van der Waals surface area (Å²) in [6.07, 6.45) is 1.45. The molecule has 0 saturated carbocycles. The number of ether oxygens (including phenoxy) is 1. The van der Waals surface area contributed by atoms with Gasteiger partial charge in [-0.2, -0.15) is 8.78 Å². The van der Waals surface area contributed by atoms with E-state index < -0.39 is 6.61 Å². The number of pyridine rings is 1. The molecule has 1 heterocycles. The summed E-state index contributed by atoms with van der Waals surface area (Å²) >= 11 is 0. The summed E-state index contributed by atoms with van der Waals surface area (Å²) in [4.78, 5) is 3.96. The molecular weight excluding hydrogens is 202 g/mol. The van der Waals surface area contributed by atoms with E-state index in [-0.39, 0.29) is 5.75 Å². The highest BCUT2D eigenvalue weighted by Gasteiger charge is 2.09. The molecule has 0 saturated heterocycles. The summed E-state index contributed by atoms with van der Waals surface area (Å²) in [6.45, 7) is -2.86. The van der Waals surface area contributed by atoms with Crippen LogP contribution in [0.15, 0.2) is 30.5 Å². The lowest BCUT2D eigenvalue weighted by molar-refractivity contribution is -0.0489. The molecule has 2 N–H and O–H groups in total. The van der Waals surface area contributed by atoms with Crippen molar-refractivity contribution in [1.82, 2.24) is 4.98 Å². The van der Waals surface area contributed by atoms with Crippen LogP contribution < -0.4 is 10.5 Å². The van der Waals surface area contributed by atoms with Gasteiger partial charge in [-0.15, -0.1) is 0 Å². The fourth-order valence-corrected chi connectivity index (χ4v) is 1.36. The maximum absolute atomic E-state index is 12.1. The first-order chi connectivity index (χ1) is 7.18. The van der Waals surface area contributed by atoms with E-state index >= 15 is 0 Å². The number of nitrogen functional groups attached to an aromatic ring is 1. The summed E-state index contributed by atoms with van der Waals surface area (Å²) < 4.78 is 28.5. The Kier molecular flexibility index (Phi) is 2.37. The minimum absolute atomic E-state index is 0.0369. The second-order valence-electron chi connectivity index (χ2n) is 2.93. The number of benzene rings is 1. The molecule has 2 rings (SSSR count). The summed E-state index contributed by atoms with van der Waals surface area (Å²) in [5.41, 5.74) is 6.50. The molecule has 0 radical (unpaired) electrons. The van der Waals surface area contributed by atoms with Gasteiger partial charge in [0, 0.05) is 17.3 Å². The molecule has 0 spiro atoms. The van der Waals surface area contributed by atoms with Gasteiger partial charge >= 0.3 is 6.61 Å². The first-order valence-electron chi connectivity index (χ1n) is 4.26. The average molecular weight is 210 g/mol. The summed E-state index contributed by atoms with van der Waals surface area (Å²) in [6, 6.07) is 6.34. The topological polar surface area (TPSA) is 48.1 Å². The van der Waals surface area contributed by atoms with Crippen molar-refractivity contribution in [3.05, 3.63) is 30.5 Å². The number of rotatable bonds is 2. The molecule has 2 aromatic rings. The minimum atomic E-state index is -2.86. The van der Waals surface area contributed by atoms with Crippen LogP contribution in [0.3, 0.4) is 0 Å². The van der Waals surface area contributed by atoms with E-state index in [9.17, 15) is 8.78 Å². The molecule has 0 unspecified atom stereocenters. The first-order valence-corrected chi connectivity index (χ1v) is 4.26. The van der Waals surface area contributed by atoms with Crippen LogP contribution in [0.25, 0.3) is 10.9 Å². The molecule has 1 aromatic heterocycles. The number of nitrogens with zero attached hydrogens (tertiary/aromatic N) is 1. The highest BCUT2D eigenvalue weighted by Crippen LogP contribution is 2.27. The maximum atomic E-state index is 12.1. The van der Waals surface area contributed by atoms with Crippen LogP contribution in [0.2, 0.25) is 0 Å². The van der Waals surface area contributed by atoms with E-state index in [1.54, 1.807) is 18.2 Å². The highest BCUT2D eigenvalue weighted by molar-refractivity contribution is 5.93. The minimum Gasteiger partial charge on any atom is -0.432 e. The molecule has 5 heteroatoms. The predicted octanol–water partition coefficient (Wildman–Crippen LogP) is 2.42. The van der Waals surface area contributed by atoms with E-state index in [1.165, 1.54) is 12.3 Å². The number of hydrogen-bond donors (Lipinski definition) is 1. The van der Waals surface area contributed by atoms with Crippen LogP contribution in [-0.2, 0) is 0 Å². The number of nitrogens with two attached hydrogens (primary N) is 1. The van der Waals surface area contributed by atoms with Gasteiger partial charge in [0.2, 0.25) is 0 Å². The Bertz CT molecular complexity index is 488. The lowest BCUT2D eigenvalue weighted by Gasteiger charge is -2.07. The van der Waals surface area contributed by atoms with Crippen molar-refractivity contribution >= 4 is 16.6 Å².